The number of hydrogen-bond donors (Lipinski definition) is 1. The molecule has 1 atom stereocenters. The summed E-state index contributed by atoms with van der Waals surface area (Å²) in [5.74, 6) is 0.772. The van der Waals surface area contributed by atoms with E-state index < -0.39 is 0 Å². The van der Waals surface area contributed by atoms with Crippen molar-refractivity contribution in [2.45, 2.75) is 26.8 Å². The van der Waals surface area contributed by atoms with Crippen LogP contribution in [0.2, 0.25) is 0 Å². The largest absolute Gasteiger partial charge is 0.280 e. The Hall–Kier alpha value is -2.21. The van der Waals surface area contributed by atoms with Crippen molar-refractivity contribution in [3.63, 3.8) is 0 Å². The standard InChI is InChI=1S/C14H18N6/c1-9-14(13-7-17-19(4)10(13)2)8-20(18-9)12-5-15-11(3)16-6-12/h5-9,18H,1-4H3. The minimum absolute atomic E-state index is 0.221. The van der Waals surface area contributed by atoms with Crippen LogP contribution in [0.4, 0.5) is 5.69 Å². The van der Waals surface area contributed by atoms with Gasteiger partial charge in [0.2, 0.25) is 0 Å². The Balaban J connectivity index is 1.94. The van der Waals surface area contributed by atoms with E-state index in [-0.39, 0.29) is 6.04 Å². The predicted molar refractivity (Wildman–Crippen MR) is 77.8 cm³/mol. The zero-order valence-electron chi connectivity index (χ0n) is 12.1. The third kappa shape index (κ3) is 2.08. The number of hydrazine groups is 1. The van der Waals surface area contributed by atoms with Crippen molar-refractivity contribution in [2.75, 3.05) is 5.01 Å². The molecule has 3 rings (SSSR count). The van der Waals surface area contributed by atoms with Crippen LogP contribution in [0.15, 0.2) is 24.8 Å². The van der Waals surface area contributed by atoms with Crippen LogP contribution in [0.25, 0.3) is 5.57 Å². The Kier molecular flexibility index (Phi) is 3.02. The molecule has 0 fully saturated rings. The van der Waals surface area contributed by atoms with Gasteiger partial charge in [-0.15, -0.1) is 0 Å². The molecule has 0 saturated heterocycles. The summed E-state index contributed by atoms with van der Waals surface area (Å²) in [6.45, 7) is 6.09. The average molecular weight is 270 g/mol. The van der Waals surface area contributed by atoms with Crippen molar-refractivity contribution < 1.29 is 0 Å². The summed E-state index contributed by atoms with van der Waals surface area (Å²) in [5, 5.41) is 6.27. The molecule has 1 aliphatic rings. The quantitative estimate of drug-likeness (QED) is 0.898. The summed E-state index contributed by atoms with van der Waals surface area (Å²) < 4.78 is 1.89. The van der Waals surface area contributed by atoms with Crippen LogP contribution >= 0.6 is 0 Å². The lowest BCUT2D eigenvalue weighted by Crippen LogP contribution is -2.34. The van der Waals surface area contributed by atoms with E-state index in [0.717, 1.165) is 17.2 Å². The Morgan fingerprint density at radius 1 is 1.15 bits per heavy atom. The molecule has 1 N–H and O–H groups in total. The number of aromatic nitrogens is 4. The van der Waals surface area contributed by atoms with Gasteiger partial charge in [-0.05, 0) is 26.3 Å². The van der Waals surface area contributed by atoms with Gasteiger partial charge < -0.3 is 0 Å². The molecule has 0 aromatic carbocycles. The maximum absolute atomic E-state index is 4.31. The fourth-order valence-corrected chi connectivity index (χ4v) is 2.31. The third-order valence-electron chi connectivity index (χ3n) is 3.66. The Bertz CT molecular complexity index is 655. The second-order valence-electron chi connectivity index (χ2n) is 5.06. The maximum Gasteiger partial charge on any atom is 0.125 e. The highest BCUT2D eigenvalue weighted by molar-refractivity contribution is 5.75. The van der Waals surface area contributed by atoms with Crippen LogP contribution in [0.3, 0.4) is 0 Å². The van der Waals surface area contributed by atoms with Gasteiger partial charge in [-0.25, -0.2) is 15.4 Å². The fourth-order valence-electron chi connectivity index (χ4n) is 2.31. The minimum atomic E-state index is 0.221. The van der Waals surface area contributed by atoms with Gasteiger partial charge in [0.1, 0.15) is 5.82 Å². The van der Waals surface area contributed by atoms with Crippen molar-refractivity contribution in [3.8, 4) is 0 Å². The molecule has 6 nitrogen and oxygen atoms in total. The molecular formula is C14H18N6. The molecule has 0 bridgehead atoms. The van der Waals surface area contributed by atoms with Crippen molar-refractivity contribution >= 4 is 11.3 Å². The topological polar surface area (TPSA) is 58.9 Å². The molecule has 2 aromatic heterocycles. The van der Waals surface area contributed by atoms with Crippen LogP contribution in [-0.4, -0.2) is 25.8 Å². The van der Waals surface area contributed by atoms with Gasteiger partial charge in [-0.2, -0.15) is 5.10 Å². The van der Waals surface area contributed by atoms with Crippen molar-refractivity contribution in [2.24, 2.45) is 7.05 Å². The molecule has 3 heterocycles. The minimum Gasteiger partial charge on any atom is -0.280 e. The van der Waals surface area contributed by atoms with E-state index in [1.54, 1.807) is 0 Å². The van der Waals surface area contributed by atoms with Crippen LogP contribution in [0, 0.1) is 13.8 Å². The van der Waals surface area contributed by atoms with E-state index >= 15 is 0 Å². The number of aryl methyl sites for hydroxylation is 2. The maximum atomic E-state index is 4.31. The molecule has 6 heteroatoms. The van der Waals surface area contributed by atoms with Gasteiger partial charge in [-0.1, -0.05) is 0 Å². The molecule has 0 spiro atoms. The zero-order valence-corrected chi connectivity index (χ0v) is 12.1. The van der Waals surface area contributed by atoms with E-state index in [4.69, 9.17) is 0 Å². The lowest BCUT2D eigenvalue weighted by molar-refractivity contribution is 0.687. The lowest BCUT2D eigenvalue weighted by Gasteiger charge is -2.17. The Labute approximate surface area is 118 Å². The Morgan fingerprint density at radius 3 is 2.45 bits per heavy atom. The van der Waals surface area contributed by atoms with E-state index in [1.165, 1.54) is 11.1 Å². The van der Waals surface area contributed by atoms with E-state index in [9.17, 15) is 0 Å². The molecule has 1 aliphatic heterocycles. The predicted octanol–water partition coefficient (Wildman–Crippen LogP) is 1.58. The first kappa shape index (κ1) is 12.8. The highest BCUT2D eigenvalue weighted by atomic mass is 15.5. The normalized spacial score (nSPS) is 18.5. The second kappa shape index (κ2) is 4.72. The smallest absolute Gasteiger partial charge is 0.125 e. The summed E-state index contributed by atoms with van der Waals surface area (Å²) in [5.41, 5.74) is 7.88. The first-order chi connectivity index (χ1) is 9.56. The molecule has 0 amide bonds. The number of rotatable bonds is 2. The van der Waals surface area contributed by atoms with Crippen molar-refractivity contribution in [1.82, 2.24) is 25.2 Å². The van der Waals surface area contributed by atoms with Crippen LogP contribution in [0.1, 0.15) is 24.0 Å². The number of nitrogens with zero attached hydrogens (tertiary/aromatic N) is 5. The van der Waals surface area contributed by atoms with Gasteiger partial charge in [0.25, 0.3) is 0 Å². The van der Waals surface area contributed by atoms with Gasteiger partial charge in [0.05, 0.1) is 30.3 Å². The highest BCUT2D eigenvalue weighted by Crippen LogP contribution is 2.28. The number of nitrogens with one attached hydrogen (secondary N) is 1. The molecule has 0 radical (unpaired) electrons. The van der Waals surface area contributed by atoms with Gasteiger partial charge in [0.15, 0.2) is 0 Å². The van der Waals surface area contributed by atoms with E-state index in [0.29, 0.717) is 0 Å². The fraction of sp³-hybridized carbons (Fsp3) is 0.357. The molecule has 1 unspecified atom stereocenters. The van der Waals surface area contributed by atoms with Gasteiger partial charge in [-0.3, -0.25) is 9.69 Å². The molecule has 0 aliphatic carbocycles. The van der Waals surface area contributed by atoms with Crippen molar-refractivity contribution in [3.05, 3.63) is 41.9 Å². The summed E-state index contributed by atoms with van der Waals surface area (Å²) in [7, 11) is 1.96. The van der Waals surface area contributed by atoms with Crippen molar-refractivity contribution in [1.29, 1.82) is 0 Å². The summed E-state index contributed by atoms with van der Waals surface area (Å²) in [6, 6.07) is 0.221. The summed E-state index contributed by atoms with van der Waals surface area (Å²) in [6.07, 6.45) is 7.63. The number of hydrogen-bond acceptors (Lipinski definition) is 5. The van der Waals surface area contributed by atoms with Gasteiger partial charge in [0, 0.05) is 24.5 Å². The zero-order chi connectivity index (χ0) is 14.3. The molecule has 104 valence electrons. The summed E-state index contributed by atoms with van der Waals surface area (Å²) >= 11 is 0. The summed E-state index contributed by atoms with van der Waals surface area (Å²) in [4.78, 5) is 8.46. The van der Waals surface area contributed by atoms with Crippen LogP contribution in [0.5, 0.6) is 0 Å². The first-order valence-electron chi connectivity index (χ1n) is 6.61. The molecule has 2 aromatic rings. The van der Waals surface area contributed by atoms with Crippen LogP contribution < -0.4 is 10.4 Å². The van der Waals surface area contributed by atoms with E-state index in [1.807, 2.05) is 42.3 Å². The molecule has 0 saturated carbocycles. The van der Waals surface area contributed by atoms with Crippen LogP contribution in [-0.2, 0) is 7.05 Å². The molecule has 20 heavy (non-hydrogen) atoms. The average Bonchev–Trinajstić information content (AvgIpc) is 2.95. The monoisotopic (exact) mass is 270 g/mol. The SMILES string of the molecule is Cc1ncc(N2C=C(c3cnn(C)c3C)C(C)N2)cn1. The molecular weight excluding hydrogens is 252 g/mol. The highest BCUT2D eigenvalue weighted by Gasteiger charge is 2.24. The second-order valence-corrected chi connectivity index (χ2v) is 5.06. The first-order valence-corrected chi connectivity index (χ1v) is 6.61. The van der Waals surface area contributed by atoms with Gasteiger partial charge >= 0.3 is 0 Å². The Morgan fingerprint density at radius 2 is 1.85 bits per heavy atom. The number of anilines is 1. The van der Waals surface area contributed by atoms with E-state index in [2.05, 4.69) is 40.5 Å². The third-order valence-corrected chi connectivity index (χ3v) is 3.66. The lowest BCUT2D eigenvalue weighted by atomic mass is 10.0.